The molecule has 5 rings (SSSR count). The molecule has 7 heteroatoms. The van der Waals surface area contributed by atoms with Gasteiger partial charge in [0, 0.05) is 23.6 Å². The molecule has 0 spiro atoms. The lowest BCUT2D eigenvalue weighted by Gasteiger charge is -2.39. The summed E-state index contributed by atoms with van der Waals surface area (Å²) >= 11 is 0. The highest BCUT2D eigenvalue weighted by Gasteiger charge is 2.61. The largest absolute Gasteiger partial charge is 0.511 e. The second kappa shape index (κ2) is 7.39. The van der Waals surface area contributed by atoms with E-state index >= 15 is 0 Å². The van der Waals surface area contributed by atoms with Crippen molar-refractivity contribution in [2.75, 3.05) is 5.32 Å². The van der Waals surface area contributed by atoms with Gasteiger partial charge >= 0.3 is 0 Å². The van der Waals surface area contributed by atoms with Gasteiger partial charge in [-0.25, -0.2) is 0 Å². The van der Waals surface area contributed by atoms with Crippen LogP contribution in [0.25, 0.3) is 0 Å². The van der Waals surface area contributed by atoms with Crippen molar-refractivity contribution in [3.63, 3.8) is 0 Å². The Hall–Kier alpha value is -2.38. The molecule has 3 fully saturated rings. The van der Waals surface area contributed by atoms with Crippen LogP contribution in [0, 0.1) is 17.8 Å². The summed E-state index contributed by atoms with van der Waals surface area (Å²) < 4.78 is 0. The Bertz CT molecular complexity index is 889. The van der Waals surface area contributed by atoms with E-state index in [0.29, 0.717) is 18.0 Å². The molecule has 1 heterocycles. The minimum atomic E-state index is -0.954. The van der Waals surface area contributed by atoms with Gasteiger partial charge in [0.15, 0.2) is 0 Å². The quantitative estimate of drug-likeness (QED) is 0.487. The fourth-order valence-electron chi connectivity index (χ4n) is 6.11. The van der Waals surface area contributed by atoms with Crippen LogP contribution in [-0.4, -0.2) is 45.4 Å². The van der Waals surface area contributed by atoms with Gasteiger partial charge in [0.05, 0.1) is 12.2 Å². The third-order valence-corrected chi connectivity index (χ3v) is 7.65. The van der Waals surface area contributed by atoms with Crippen LogP contribution >= 0.6 is 0 Å². The molecule has 0 saturated heterocycles. The smallest absolute Gasteiger partial charge is 0.264 e. The topological polar surface area (TPSA) is 119 Å². The second-order valence-corrected chi connectivity index (χ2v) is 9.24. The number of hydrogen-bond acceptors (Lipinski definition) is 5. The van der Waals surface area contributed by atoms with Gasteiger partial charge < -0.3 is 26.0 Å². The van der Waals surface area contributed by atoms with Crippen molar-refractivity contribution >= 4 is 17.5 Å². The first-order valence-electron chi connectivity index (χ1n) is 11.0. The number of carbonyl (C=O) groups excluding carboxylic acids is 2. The second-order valence-electron chi connectivity index (χ2n) is 9.24. The molecule has 3 aliphatic carbocycles. The molecule has 0 aromatic heterocycles. The minimum Gasteiger partial charge on any atom is -0.511 e. The van der Waals surface area contributed by atoms with Crippen molar-refractivity contribution in [2.24, 2.45) is 17.8 Å². The molecule has 0 radical (unpaired) electrons. The first-order chi connectivity index (χ1) is 14.5. The van der Waals surface area contributed by atoms with E-state index in [1.54, 1.807) is 0 Å². The number of hydrogen-bond donors (Lipinski definition) is 5. The maximum absolute atomic E-state index is 12.8. The molecule has 6 atom stereocenters. The molecular formula is C23H28N2O5. The number of rotatable bonds is 3. The molecule has 1 aromatic rings. The molecule has 1 aliphatic heterocycles. The summed E-state index contributed by atoms with van der Waals surface area (Å²) in [6, 6.07) is 7.25. The van der Waals surface area contributed by atoms with Crippen molar-refractivity contribution in [2.45, 2.75) is 62.7 Å². The zero-order valence-corrected chi connectivity index (χ0v) is 16.8. The SMILES string of the molecule is O=C(Nc1ccc(C2CCCCC2)cc1)C1=C(O)C2[C@@H]3C[C@@H](C(O)C3O)[C@H]2NC1=O. The van der Waals surface area contributed by atoms with Crippen LogP contribution in [0.4, 0.5) is 5.69 Å². The molecule has 3 saturated carbocycles. The van der Waals surface area contributed by atoms with E-state index in [4.69, 9.17) is 0 Å². The summed E-state index contributed by atoms with van der Waals surface area (Å²) in [7, 11) is 0. The highest BCUT2D eigenvalue weighted by molar-refractivity contribution is 6.23. The molecule has 160 valence electrons. The molecule has 1 aromatic carbocycles. The summed E-state index contributed by atoms with van der Waals surface area (Å²) in [6.45, 7) is 0. The Morgan fingerprint density at radius 3 is 2.37 bits per heavy atom. The molecule has 5 N–H and O–H groups in total. The maximum Gasteiger partial charge on any atom is 0.264 e. The van der Waals surface area contributed by atoms with E-state index in [1.165, 1.54) is 37.7 Å². The van der Waals surface area contributed by atoms with Gasteiger partial charge in [-0.1, -0.05) is 31.4 Å². The Morgan fingerprint density at radius 1 is 1.00 bits per heavy atom. The van der Waals surface area contributed by atoms with Crippen LogP contribution < -0.4 is 10.6 Å². The number of aliphatic hydroxyl groups is 3. The number of nitrogens with one attached hydrogen (secondary N) is 2. The normalized spacial score (nSPS) is 35.9. The van der Waals surface area contributed by atoms with Crippen LogP contribution in [0.15, 0.2) is 35.6 Å². The highest BCUT2D eigenvalue weighted by Crippen LogP contribution is 2.52. The van der Waals surface area contributed by atoms with E-state index in [9.17, 15) is 24.9 Å². The first kappa shape index (κ1) is 19.6. The van der Waals surface area contributed by atoms with Gasteiger partial charge in [-0.2, -0.15) is 0 Å². The maximum atomic E-state index is 12.8. The Balaban J connectivity index is 1.33. The number of anilines is 1. The summed E-state index contributed by atoms with van der Waals surface area (Å²) in [5.41, 5.74) is 1.53. The fraction of sp³-hybridized carbons (Fsp3) is 0.565. The van der Waals surface area contributed by atoms with Gasteiger partial charge in [-0.15, -0.1) is 0 Å². The summed E-state index contributed by atoms with van der Waals surface area (Å²) in [5, 5.41) is 36.6. The standard InChI is InChI=1S/C23H28N2O5/c26-19-14-10-15(20(19)27)18-16(14)21(28)17(23(30)25-18)22(29)24-13-8-6-12(7-9-13)11-4-2-1-3-5-11/h6-9,11,14-16,18-20,26-28H,1-5,10H2,(H,24,29)(H,25,30)/t14-,15+,16?,18+,19?,20?/m0/s1. The molecular weight excluding hydrogens is 384 g/mol. The number of aliphatic hydroxyl groups excluding tert-OH is 3. The molecule has 4 aliphatic rings. The van der Waals surface area contributed by atoms with Crippen molar-refractivity contribution < 1.29 is 24.9 Å². The predicted octanol–water partition coefficient (Wildman–Crippen LogP) is 1.97. The average molecular weight is 412 g/mol. The molecule has 2 amide bonds. The number of benzene rings is 1. The Labute approximate surface area is 175 Å². The minimum absolute atomic E-state index is 0.279. The first-order valence-corrected chi connectivity index (χ1v) is 11.0. The lowest BCUT2D eigenvalue weighted by Crippen LogP contribution is -2.57. The fourth-order valence-corrected chi connectivity index (χ4v) is 6.11. The zero-order valence-electron chi connectivity index (χ0n) is 16.8. The Morgan fingerprint density at radius 2 is 1.67 bits per heavy atom. The lowest BCUT2D eigenvalue weighted by molar-refractivity contribution is -0.125. The predicted molar refractivity (Wildman–Crippen MR) is 110 cm³/mol. The van der Waals surface area contributed by atoms with E-state index in [0.717, 1.165) is 0 Å². The molecule has 7 nitrogen and oxygen atoms in total. The van der Waals surface area contributed by atoms with Gasteiger partial charge in [-0.3, -0.25) is 9.59 Å². The Kier molecular flexibility index (Phi) is 4.82. The number of amides is 2. The van der Waals surface area contributed by atoms with Gasteiger partial charge in [0.2, 0.25) is 0 Å². The van der Waals surface area contributed by atoms with E-state index in [-0.39, 0.29) is 23.2 Å². The third-order valence-electron chi connectivity index (χ3n) is 7.65. The monoisotopic (exact) mass is 412 g/mol. The van der Waals surface area contributed by atoms with Gasteiger partial charge in [-0.05, 0) is 48.8 Å². The summed E-state index contributed by atoms with van der Waals surface area (Å²) in [6.07, 6.45) is 4.83. The summed E-state index contributed by atoms with van der Waals surface area (Å²) in [4.78, 5) is 25.4. The van der Waals surface area contributed by atoms with Crippen molar-refractivity contribution in [3.8, 4) is 0 Å². The summed E-state index contributed by atoms with van der Waals surface area (Å²) in [5.74, 6) is -2.23. The number of carbonyl (C=O) groups is 2. The lowest BCUT2D eigenvalue weighted by atomic mass is 9.76. The van der Waals surface area contributed by atoms with E-state index < -0.39 is 36.0 Å². The average Bonchev–Trinajstić information content (AvgIpc) is 3.25. The highest BCUT2D eigenvalue weighted by atomic mass is 16.3. The molecule has 30 heavy (non-hydrogen) atoms. The van der Waals surface area contributed by atoms with Crippen molar-refractivity contribution in [3.05, 3.63) is 41.2 Å². The molecule has 2 bridgehead atoms. The van der Waals surface area contributed by atoms with Gasteiger partial charge in [0.1, 0.15) is 11.3 Å². The van der Waals surface area contributed by atoms with Crippen LogP contribution in [0.5, 0.6) is 0 Å². The van der Waals surface area contributed by atoms with Crippen molar-refractivity contribution in [1.82, 2.24) is 5.32 Å². The van der Waals surface area contributed by atoms with Crippen LogP contribution in [0.1, 0.15) is 50.0 Å². The number of fused-ring (bicyclic) bond motifs is 5. The van der Waals surface area contributed by atoms with Crippen LogP contribution in [-0.2, 0) is 9.59 Å². The van der Waals surface area contributed by atoms with E-state index in [1.807, 2.05) is 24.3 Å². The van der Waals surface area contributed by atoms with Crippen LogP contribution in [0.3, 0.4) is 0 Å². The molecule has 3 unspecified atom stereocenters. The van der Waals surface area contributed by atoms with Crippen molar-refractivity contribution in [1.29, 1.82) is 0 Å². The van der Waals surface area contributed by atoms with Crippen LogP contribution in [0.2, 0.25) is 0 Å². The van der Waals surface area contributed by atoms with E-state index in [2.05, 4.69) is 10.6 Å². The zero-order chi connectivity index (χ0) is 21.0. The third kappa shape index (κ3) is 3.03. The van der Waals surface area contributed by atoms with Gasteiger partial charge in [0.25, 0.3) is 11.8 Å².